The minimum absolute atomic E-state index is 0.178. The van der Waals surface area contributed by atoms with E-state index < -0.39 is 26.8 Å². The van der Waals surface area contributed by atoms with E-state index in [9.17, 15) is 22.7 Å². The van der Waals surface area contributed by atoms with Crippen LogP contribution in [0.25, 0.3) is 0 Å². The lowest BCUT2D eigenvalue weighted by Crippen LogP contribution is -2.55. The van der Waals surface area contributed by atoms with Gasteiger partial charge < -0.3 is 14.9 Å². The van der Waals surface area contributed by atoms with Gasteiger partial charge in [-0.3, -0.25) is 4.79 Å². The molecule has 0 radical (unpaired) electrons. The Hall–Kier alpha value is -2.30. The van der Waals surface area contributed by atoms with E-state index in [2.05, 4.69) is 4.72 Å². The average molecular weight is 468 g/mol. The number of rotatable bonds is 8. The highest BCUT2D eigenvalue weighted by atomic mass is 32.2. The summed E-state index contributed by atoms with van der Waals surface area (Å²) in [7, 11) is -4.19. The van der Waals surface area contributed by atoms with Gasteiger partial charge >= 0.3 is 0 Å². The van der Waals surface area contributed by atoms with Crippen LogP contribution < -0.4 is 9.62 Å². The summed E-state index contributed by atoms with van der Waals surface area (Å²) in [4.78, 5) is 16.3. The van der Waals surface area contributed by atoms with Crippen molar-refractivity contribution in [1.82, 2.24) is 9.62 Å². The zero-order valence-electron chi connectivity index (χ0n) is 17.2. The summed E-state index contributed by atoms with van der Waals surface area (Å²) >= 11 is 1.50. The fourth-order valence-electron chi connectivity index (χ4n) is 3.50. The Labute approximate surface area is 186 Å². The van der Waals surface area contributed by atoms with Crippen molar-refractivity contribution in [2.45, 2.75) is 17.4 Å². The number of nitrogens with one attached hydrogen (secondary N) is 1. The largest absolute Gasteiger partial charge is 0.506 e. The predicted molar refractivity (Wildman–Crippen MR) is 120 cm³/mol. The normalized spacial score (nSPS) is 15.7. The Morgan fingerprint density at radius 3 is 2.42 bits per heavy atom. The molecule has 0 bridgehead atoms. The van der Waals surface area contributed by atoms with Crippen molar-refractivity contribution in [2.24, 2.45) is 0 Å². The number of amides is 1. The van der Waals surface area contributed by atoms with E-state index in [1.165, 1.54) is 30.0 Å². The first-order valence-electron chi connectivity index (χ1n) is 9.91. The highest BCUT2D eigenvalue weighted by Crippen LogP contribution is 2.27. The maximum Gasteiger partial charge on any atom is 0.244 e. The molecule has 1 saturated heterocycles. The van der Waals surface area contributed by atoms with Gasteiger partial charge in [-0.1, -0.05) is 24.3 Å². The molecular formula is C21H26FN3O4S2. The first-order chi connectivity index (χ1) is 14.8. The summed E-state index contributed by atoms with van der Waals surface area (Å²) in [6, 6.07) is 11.1. The number of carbonyl (C=O) groups is 1. The van der Waals surface area contributed by atoms with Gasteiger partial charge in [-0.2, -0.15) is 16.5 Å². The van der Waals surface area contributed by atoms with Gasteiger partial charge in [0.15, 0.2) is 0 Å². The summed E-state index contributed by atoms with van der Waals surface area (Å²) < 4.78 is 41.9. The van der Waals surface area contributed by atoms with Crippen molar-refractivity contribution >= 4 is 33.4 Å². The third-order valence-electron chi connectivity index (χ3n) is 5.15. The molecule has 2 aromatic rings. The van der Waals surface area contributed by atoms with Crippen molar-refractivity contribution in [3.63, 3.8) is 0 Å². The first kappa shape index (κ1) is 23.4. The fourth-order valence-corrected chi connectivity index (χ4v) is 5.28. The van der Waals surface area contributed by atoms with Crippen LogP contribution in [-0.4, -0.2) is 68.6 Å². The molecule has 1 atom stereocenters. The number of hydrogen-bond acceptors (Lipinski definition) is 6. The Morgan fingerprint density at radius 1 is 1.13 bits per heavy atom. The molecule has 2 aromatic carbocycles. The zero-order valence-corrected chi connectivity index (χ0v) is 18.8. The van der Waals surface area contributed by atoms with E-state index in [4.69, 9.17) is 0 Å². The molecule has 1 aliphatic heterocycles. The van der Waals surface area contributed by atoms with E-state index in [0.29, 0.717) is 44.0 Å². The molecule has 0 aliphatic carbocycles. The summed E-state index contributed by atoms with van der Waals surface area (Å²) in [6.45, 7) is 1.81. The maximum atomic E-state index is 14.0. The van der Waals surface area contributed by atoms with E-state index in [0.717, 1.165) is 6.07 Å². The molecule has 31 heavy (non-hydrogen) atoms. The van der Waals surface area contributed by atoms with Crippen molar-refractivity contribution in [1.29, 1.82) is 0 Å². The molecule has 1 heterocycles. The molecule has 1 aliphatic rings. The third kappa shape index (κ3) is 5.69. The second kappa shape index (κ2) is 10.3. The summed E-state index contributed by atoms with van der Waals surface area (Å²) in [5.41, 5.74) is 0.703. The smallest absolute Gasteiger partial charge is 0.244 e. The second-order valence-corrected chi connectivity index (χ2v) is 9.85. The average Bonchev–Trinajstić information content (AvgIpc) is 2.77. The molecule has 2 N–H and O–H groups in total. The molecule has 10 heteroatoms. The van der Waals surface area contributed by atoms with Gasteiger partial charge in [-0.05, 0) is 42.7 Å². The van der Waals surface area contributed by atoms with Gasteiger partial charge in [0.25, 0.3) is 0 Å². The number of phenols is 1. The van der Waals surface area contributed by atoms with Gasteiger partial charge in [-0.15, -0.1) is 0 Å². The van der Waals surface area contributed by atoms with Crippen LogP contribution in [0.4, 0.5) is 10.1 Å². The highest BCUT2D eigenvalue weighted by Gasteiger charge is 2.32. The Bertz CT molecular complexity index is 1010. The quantitative estimate of drug-likeness (QED) is 0.619. The van der Waals surface area contributed by atoms with Gasteiger partial charge in [0, 0.05) is 26.2 Å². The number of anilines is 1. The lowest BCUT2D eigenvalue weighted by molar-refractivity contribution is -0.133. The highest BCUT2D eigenvalue weighted by molar-refractivity contribution is 7.98. The van der Waals surface area contributed by atoms with Crippen molar-refractivity contribution in [3.05, 3.63) is 54.3 Å². The molecule has 0 spiro atoms. The van der Waals surface area contributed by atoms with Crippen molar-refractivity contribution in [3.8, 4) is 5.75 Å². The lowest BCUT2D eigenvalue weighted by Gasteiger charge is -2.37. The van der Waals surface area contributed by atoms with Crippen LogP contribution in [0.1, 0.15) is 6.42 Å². The molecular weight excluding hydrogens is 441 g/mol. The number of benzene rings is 2. The number of nitrogens with zero attached hydrogens (tertiary/aromatic N) is 2. The van der Waals surface area contributed by atoms with E-state index in [-0.39, 0.29) is 11.7 Å². The van der Waals surface area contributed by atoms with Crippen LogP contribution in [0.2, 0.25) is 0 Å². The lowest BCUT2D eigenvalue weighted by atomic mass is 10.1. The van der Waals surface area contributed by atoms with Gasteiger partial charge in [0.1, 0.15) is 22.5 Å². The van der Waals surface area contributed by atoms with Gasteiger partial charge in [0.2, 0.25) is 15.9 Å². The summed E-state index contributed by atoms with van der Waals surface area (Å²) in [5.74, 6) is -0.431. The van der Waals surface area contributed by atoms with E-state index >= 15 is 0 Å². The number of para-hydroxylation sites is 2. The fraction of sp³-hybridized carbons (Fsp3) is 0.381. The Balaban J connectivity index is 1.70. The summed E-state index contributed by atoms with van der Waals surface area (Å²) in [5, 5.41) is 10.0. The first-order valence-corrected chi connectivity index (χ1v) is 12.8. The van der Waals surface area contributed by atoms with Gasteiger partial charge in [0.05, 0.1) is 5.69 Å². The molecule has 3 rings (SSSR count). The number of halogens is 1. The van der Waals surface area contributed by atoms with Crippen LogP contribution in [0.15, 0.2) is 53.4 Å². The number of phenolic OH excluding ortho intramolecular Hbond substituents is 1. The molecule has 1 amide bonds. The van der Waals surface area contributed by atoms with Crippen LogP contribution in [-0.2, 0) is 14.8 Å². The second-order valence-electron chi connectivity index (χ2n) is 7.19. The molecule has 0 aromatic heterocycles. The van der Waals surface area contributed by atoms with Gasteiger partial charge in [-0.25, -0.2) is 12.8 Å². The SMILES string of the molecule is CSCCC(NS(=O)(=O)c1ccccc1F)C(=O)N1CCN(c2ccccc2O)CC1. The molecule has 1 fully saturated rings. The van der Waals surface area contributed by atoms with Crippen LogP contribution in [0.5, 0.6) is 5.75 Å². The third-order valence-corrected chi connectivity index (χ3v) is 7.29. The standard InChI is InChI=1S/C21H26FN3O4S2/c1-30-15-10-17(23-31(28,29)20-9-5-2-6-16(20)22)21(27)25-13-11-24(12-14-25)18-7-3-4-8-19(18)26/h2-9,17,23,26H,10-15H2,1H3. The minimum atomic E-state index is -4.19. The molecule has 7 nitrogen and oxygen atoms in total. The molecule has 168 valence electrons. The Kier molecular flexibility index (Phi) is 7.79. The molecule has 1 unspecified atom stereocenters. The van der Waals surface area contributed by atoms with E-state index in [1.807, 2.05) is 23.3 Å². The van der Waals surface area contributed by atoms with Crippen molar-refractivity contribution < 1.29 is 22.7 Å². The zero-order chi connectivity index (χ0) is 22.4. The predicted octanol–water partition coefficient (Wildman–Crippen LogP) is 2.28. The number of carbonyl (C=O) groups excluding carboxylic acids is 1. The Morgan fingerprint density at radius 2 is 1.77 bits per heavy atom. The number of piperazine rings is 1. The topological polar surface area (TPSA) is 90.0 Å². The number of thioether (sulfide) groups is 1. The minimum Gasteiger partial charge on any atom is -0.506 e. The number of sulfonamides is 1. The van der Waals surface area contributed by atoms with Crippen LogP contribution >= 0.6 is 11.8 Å². The number of hydrogen-bond donors (Lipinski definition) is 2. The van der Waals surface area contributed by atoms with E-state index in [1.54, 1.807) is 17.0 Å². The van der Waals surface area contributed by atoms with Crippen LogP contribution in [0.3, 0.4) is 0 Å². The number of aromatic hydroxyl groups is 1. The summed E-state index contributed by atoms with van der Waals surface area (Å²) in [6.07, 6.45) is 2.17. The maximum absolute atomic E-state index is 14.0. The van der Waals surface area contributed by atoms with Crippen molar-refractivity contribution in [2.75, 3.05) is 43.1 Å². The monoisotopic (exact) mass is 467 g/mol. The molecule has 0 saturated carbocycles. The van der Waals surface area contributed by atoms with Crippen LogP contribution in [0, 0.1) is 5.82 Å².